The van der Waals surface area contributed by atoms with Gasteiger partial charge in [-0.15, -0.1) is 0 Å². The van der Waals surface area contributed by atoms with Crippen molar-refractivity contribution in [2.45, 2.75) is 38.3 Å². The molecule has 3 unspecified atom stereocenters. The van der Waals surface area contributed by atoms with E-state index in [0.29, 0.717) is 12.1 Å². The summed E-state index contributed by atoms with van der Waals surface area (Å²) in [6.07, 6.45) is 4.05. The third-order valence-corrected chi connectivity index (χ3v) is 5.51. The highest BCUT2D eigenvalue weighted by atomic mass is 32.2. The Hall–Kier alpha value is -0.480. The number of rotatable bonds is 2. The fourth-order valence-electron chi connectivity index (χ4n) is 2.62. The largest absolute Gasteiger partial charge is 0.358 e. The average Bonchev–Trinajstić information content (AvgIpc) is 2.99. The second kappa shape index (κ2) is 5.02. The molecule has 1 aliphatic heterocycles. The maximum Gasteiger partial charge on any atom is 0.157 e. The number of thioether (sulfide) groups is 1. The summed E-state index contributed by atoms with van der Waals surface area (Å²) in [5.41, 5.74) is 1.37. The first-order chi connectivity index (χ1) is 8.33. The summed E-state index contributed by atoms with van der Waals surface area (Å²) in [7, 11) is 0. The van der Waals surface area contributed by atoms with Crippen molar-refractivity contribution < 1.29 is 0 Å². The van der Waals surface area contributed by atoms with Gasteiger partial charge in [0.1, 0.15) is 0 Å². The Bertz CT molecular complexity index is 400. The van der Waals surface area contributed by atoms with Gasteiger partial charge in [0, 0.05) is 5.75 Å². The van der Waals surface area contributed by atoms with E-state index >= 15 is 0 Å². The summed E-state index contributed by atoms with van der Waals surface area (Å²) in [5.74, 6) is 2.11. The SMILES string of the molecule is CC(NC1=NC2CCCC2CS1)c1ccsc1. The quantitative estimate of drug-likeness (QED) is 0.883. The molecule has 0 radical (unpaired) electrons. The first-order valence-corrected chi connectivity index (χ1v) is 8.25. The molecule has 92 valence electrons. The standard InChI is InChI=1S/C13H18N2S2/c1-9(10-5-6-16-7-10)14-13-15-12-4-2-3-11(12)8-17-13/h5-7,9,11-12H,2-4,8H2,1H3,(H,14,15). The zero-order valence-electron chi connectivity index (χ0n) is 10.1. The minimum atomic E-state index is 0.380. The molecule has 0 aromatic carbocycles. The lowest BCUT2D eigenvalue weighted by molar-refractivity contribution is 0.531. The van der Waals surface area contributed by atoms with Crippen molar-refractivity contribution in [3.63, 3.8) is 0 Å². The summed E-state index contributed by atoms with van der Waals surface area (Å²) >= 11 is 3.67. The minimum Gasteiger partial charge on any atom is -0.358 e. The first kappa shape index (κ1) is 11.6. The monoisotopic (exact) mass is 266 g/mol. The van der Waals surface area contributed by atoms with Gasteiger partial charge in [0.15, 0.2) is 5.17 Å². The molecule has 17 heavy (non-hydrogen) atoms. The predicted octanol–water partition coefficient (Wildman–Crippen LogP) is 3.67. The maximum atomic E-state index is 4.87. The van der Waals surface area contributed by atoms with Crippen molar-refractivity contribution in [1.82, 2.24) is 5.32 Å². The van der Waals surface area contributed by atoms with E-state index in [2.05, 4.69) is 29.1 Å². The third-order valence-electron chi connectivity index (χ3n) is 3.72. The number of nitrogens with zero attached hydrogens (tertiary/aromatic N) is 1. The molecule has 1 aliphatic carbocycles. The minimum absolute atomic E-state index is 0.380. The molecular formula is C13H18N2S2. The van der Waals surface area contributed by atoms with Gasteiger partial charge in [-0.3, -0.25) is 4.99 Å². The zero-order chi connectivity index (χ0) is 11.7. The van der Waals surface area contributed by atoms with Crippen LogP contribution in [0.1, 0.15) is 37.8 Å². The topological polar surface area (TPSA) is 24.4 Å². The van der Waals surface area contributed by atoms with E-state index in [4.69, 9.17) is 4.99 Å². The number of fused-ring (bicyclic) bond motifs is 1. The molecule has 1 aromatic rings. The van der Waals surface area contributed by atoms with Crippen LogP contribution in [-0.2, 0) is 0 Å². The van der Waals surface area contributed by atoms with Gasteiger partial charge >= 0.3 is 0 Å². The van der Waals surface area contributed by atoms with E-state index in [0.717, 1.165) is 11.1 Å². The van der Waals surface area contributed by atoms with Crippen LogP contribution >= 0.6 is 23.1 Å². The number of thiophene rings is 1. The van der Waals surface area contributed by atoms with E-state index in [1.54, 1.807) is 11.3 Å². The second-order valence-corrected chi connectivity index (χ2v) is 6.72. The molecule has 1 aromatic heterocycles. The van der Waals surface area contributed by atoms with Crippen molar-refractivity contribution in [3.8, 4) is 0 Å². The van der Waals surface area contributed by atoms with Gasteiger partial charge in [0.25, 0.3) is 0 Å². The van der Waals surface area contributed by atoms with E-state index in [-0.39, 0.29) is 0 Å². The highest BCUT2D eigenvalue weighted by molar-refractivity contribution is 8.13. The average molecular weight is 266 g/mol. The zero-order valence-corrected chi connectivity index (χ0v) is 11.7. The van der Waals surface area contributed by atoms with Gasteiger partial charge in [0.2, 0.25) is 0 Å². The smallest absolute Gasteiger partial charge is 0.157 e. The normalized spacial score (nSPS) is 29.6. The summed E-state index contributed by atoms with van der Waals surface area (Å²) in [5, 5.41) is 9.06. The molecule has 1 saturated carbocycles. The molecule has 2 heterocycles. The summed E-state index contributed by atoms with van der Waals surface area (Å²) in [6.45, 7) is 2.21. The highest BCUT2D eigenvalue weighted by Gasteiger charge is 2.31. The molecule has 4 heteroatoms. The van der Waals surface area contributed by atoms with E-state index in [1.165, 1.54) is 30.6 Å². The van der Waals surface area contributed by atoms with Crippen LogP contribution in [0.15, 0.2) is 21.8 Å². The molecule has 0 amide bonds. The van der Waals surface area contributed by atoms with Crippen molar-refractivity contribution in [2.24, 2.45) is 10.9 Å². The van der Waals surface area contributed by atoms with Crippen LogP contribution in [0, 0.1) is 5.92 Å². The van der Waals surface area contributed by atoms with E-state index in [9.17, 15) is 0 Å². The number of amidine groups is 1. The Morgan fingerprint density at radius 1 is 1.47 bits per heavy atom. The van der Waals surface area contributed by atoms with Crippen LogP contribution in [0.2, 0.25) is 0 Å². The maximum absolute atomic E-state index is 4.87. The Morgan fingerprint density at radius 3 is 3.24 bits per heavy atom. The lowest BCUT2D eigenvalue weighted by atomic mass is 10.1. The molecule has 2 aliphatic rings. The fraction of sp³-hybridized carbons (Fsp3) is 0.615. The molecule has 1 N–H and O–H groups in total. The van der Waals surface area contributed by atoms with Crippen LogP contribution in [-0.4, -0.2) is 17.0 Å². The molecule has 3 rings (SSSR count). The number of hydrogen-bond acceptors (Lipinski definition) is 4. The van der Waals surface area contributed by atoms with Gasteiger partial charge in [0.05, 0.1) is 12.1 Å². The van der Waals surface area contributed by atoms with Crippen LogP contribution in [0.4, 0.5) is 0 Å². The number of aliphatic imine (C=N–C) groups is 1. The summed E-state index contributed by atoms with van der Waals surface area (Å²) in [4.78, 5) is 4.87. The van der Waals surface area contributed by atoms with Crippen LogP contribution in [0.5, 0.6) is 0 Å². The first-order valence-electron chi connectivity index (χ1n) is 6.32. The van der Waals surface area contributed by atoms with Crippen LogP contribution < -0.4 is 5.32 Å². The summed E-state index contributed by atoms with van der Waals surface area (Å²) < 4.78 is 0. The Kier molecular flexibility index (Phi) is 3.43. The molecule has 2 nitrogen and oxygen atoms in total. The van der Waals surface area contributed by atoms with Crippen molar-refractivity contribution >= 4 is 28.3 Å². The van der Waals surface area contributed by atoms with Crippen molar-refractivity contribution in [2.75, 3.05) is 5.75 Å². The predicted molar refractivity (Wildman–Crippen MR) is 76.9 cm³/mol. The van der Waals surface area contributed by atoms with Crippen LogP contribution in [0.3, 0.4) is 0 Å². The lowest BCUT2D eigenvalue weighted by Gasteiger charge is -2.25. The van der Waals surface area contributed by atoms with Gasteiger partial charge in [-0.25, -0.2) is 0 Å². The lowest BCUT2D eigenvalue weighted by Crippen LogP contribution is -2.31. The Balaban J connectivity index is 1.65. The van der Waals surface area contributed by atoms with Crippen molar-refractivity contribution in [3.05, 3.63) is 22.4 Å². The molecule has 0 bridgehead atoms. The number of nitrogens with one attached hydrogen (secondary N) is 1. The fourth-order valence-corrected chi connectivity index (χ4v) is 4.61. The molecule has 1 fully saturated rings. The second-order valence-electron chi connectivity index (χ2n) is 4.93. The molecular weight excluding hydrogens is 248 g/mol. The van der Waals surface area contributed by atoms with Gasteiger partial charge < -0.3 is 5.32 Å². The van der Waals surface area contributed by atoms with Crippen LogP contribution in [0.25, 0.3) is 0 Å². The Labute approximate surface area is 111 Å². The third kappa shape index (κ3) is 2.52. The van der Waals surface area contributed by atoms with Gasteiger partial charge in [-0.05, 0) is 48.1 Å². The summed E-state index contributed by atoms with van der Waals surface area (Å²) in [6, 6.07) is 3.17. The van der Waals surface area contributed by atoms with E-state index < -0.39 is 0 Å². The number of hydrogen-bond donors (Lipinski definition) is 1. The van der Waals surface area contributed by atoms with Crippen molar-refractivity contribution in [1.29, 1.82) is 0 Å². The molecule has 0 spiro atoms. The Morgan fingerprint density at radius 2 is 2.41 bits per heavy atom. The highest BCUT2D eigenvalue weighted by Crippen LogP contribution is 2.35. The molecule has 0 saturated heterocycles. The van der Waals surface area contributed by atoms with Gasteiger partial charge in [-0.1, -0.05) is 18.2 Å². The van der Waals surface area contributed by atoms with E-state index in [1.807, 2.05) is 11.8 Å². The van der Waals surface area contributed by atoms with Gasteiger partial charge in [-0.2, -0.15) is 11.3 Å². The molecule has 3 atom stereocenters.